The lowest BCUT2D eigenvalue weighted by molar-refractivity contribution is 0.601. The van der Waals surface area contributed by atoms with Crippen LogP contribution in [0.5, 0.6) is 0 Å². The smallest absolute Gasteiger partial charge is 0.235 e. The maximum atomic E-state index is 11.2. The minimum Gasteiger partial charge on any atom is -0.329 e. The Morgan fingerprint density at radius 3 is 2.85 bits per heavy atom. The first-order valence-electron chi connectivity index (χ1n) is 3.35. The summed E-state index contributed by atoms with van der Waals surface area (Å²) in [5.41, 5.74) is 5.13. The van der Waals surface area contributed by atoms with Gasteiger partial charge in [0.15, 0.2) is 5.13 Å². The highest BCUT2D eigenvalue weighted by Crippen LogP contribution is 2.23. The van der Waals surface area contributed by atoms with Crippen LogP contribution < -0.4 is 10.5 Å². The maximum absolute atomic E-state index is 11.2. The van der Waals surface area contributed by atoms with Crippen LogP contribution in [0.3, 0.4) is 0 Å². The average Bonchev–Trinajstić information content (AvgIpc) is 2.34. The zero-order valence-corrected chi connectivity index (χ0v) is 9.75. The van der Waals surface area contributed by atoms with Gasteiger partial charge in [0.25, 0.3) is 0 Å². The van der Waals surface area contributed by atoms with Crippen molar-refractivity contribution < 1.29 is 8.42 Å². The van der Waals surface area contributed by atoms with Crippen LogP contribution in [-0.2, 0) is 10.0 Å². The summed E-state index contributed by atoms with van der Waals surface area (Å²) in [5.74, 6) is -0.0931. The largest absolute Gasteiger partial charge is 0.329 e. The Balaban J connectivity index is 2.69. The summed E-state index contributed by atoms with van der Waals surface area (Å²) in [6, 6.07) is 0. The number of nitrogens with one attached hydrogen (secondary N) is 1. The molecule has 0 saturated carbocycles. The fourth-order valence-corrected chi connectivity index (χ4v) is 2.88. The Bertz CT molecular complexity index is 375. The first-order valence-corrected chi connectivity index (χ1v) is 6.61. The highest BCUT2D eigenvalue weighted by atomic mass is 79.9. The first kappa shape index (κ1) is 10.9. The van der Waals surface area contributed by atoms with E-state index in [1.165, 1.54) is 17.5 Å². The number of nitrogens with zero attached hydrogens (tertiary/aromatic N) is 1. The summed E-state index contributed by atoms with van der Waals surface area (Å²) in [6.07, 6.45) is 1.53. The molecule has 1 rings (SSSR count). The summed E-state index contributed by atoms with van der Waals surface area (Å²) in [5, 5.41) is 0.348. The monoisotopic (exact) mass is 285 g/mol. The van der Waals surface area contributed by atoms with Crippen LogP contribution in [0.2, 0.25) is 0 Å². The molecule has 0 aliphatic rings. The van der Waals surface area contributed by atoms with Crippen molar-refractivity contribution in [3.63, 3.8) is 0 Å². The third-order valence-corrected chi connectivity index (χ3v) is 3.91. The lowest BCUT2D eigenvalue weighted by atomic mass is 10.8. The molecule has 74 valence electrons. The number of hydrogen-bond acceptors (Lipinski definition) is 5. The van der Waals surface area contributed by atoms with Crippen molar-refractivity contribution in [2.75, 3.05) is 17.0 Å². The molecular weight excluding hydrogens is 278 g/mol. The Morgan fingerprint density at radius 1 is 1.69 bits per heavy atom. The van der Waals surface area contributed by atoms with Gasteiger partial charge in [-0.2, -0.15) is 0 Å². The molecule has 1 aromatic heterocycles. The van der Waals surface area contributed by atoms with E-state index >= 15 is 0 Å². The predicted molar refractivity (Wildman–Crippen MR) is 56.3 cm³/mol. The molecule has 0 aliphatic carbocycles. The van der Waals surface area contributed by atoms with Crippen LogP contribution in [0.1, 0.15) is 0 Å². The van der Waals surface area contributed by atoms with E-state index in [1.54, 1.807) is 0 Å². The van der Waals surface area contributed by atoms with Gasteiger partial charge in [0, 0.05) is 6.54 Å². The number of hydrogen-bond donors (Lipinski definition) is 2. The van der Waals surface area contributed by atoms with E-state index in [9.17, 15) is 8.42 Å². The molecule has 13 heavy (non-hydrogen) atoms. The maximum Gasteiger partial charge on any atom is 0.235 e. The van der Waals surface area contributed by atoms with E-state index in [4.69, 9.17) is 5.73 Å². The van der Waals surface area contributed by atoms with Gasteiger partial charge in [-0.3, -0.25) is 4.72 Å². The number of halogens is 1. The van der Waals surface area contributed by atoms with Crippen molar-refractivity contribution in [1.29, 1.82) is 0 Å². The number of anilines is 1. The molecule has 0 bridgehead atoms. The highest BCUT2D eigenvalue weighted by molar-refractivity contribution is 9.11. The van der Waals surface area contributed by atoms with Crippen LogP contribution >= 0.6 is 27.3 Å². The quantitative estimate of drug-likeness (QED) is 0.849. The van der Waals surface area contributed by atoms with Crippen LogP contribution in [0.4, 0.5) is 5.13 Å². The van der Waals surface area contributed by atoms with Crippen LogP contribution in [0, 0.1) is 0 Å². The Kier molecular flexibility index (Phi) is 3.65. The normalized spacial score (nSPS) is 11.5. The van der Waals surface area contributed by atoms with Gasteiger partial charge in [0.05, 0.1) is 15.7 Å². The second-order valence-electron chi connectivity index (χ2n) is 2.18. The lowest BCUT2D eigenvalue weighted by Crippen LogP contribution is -2.22. The van der Waals surface area contributed by atoms with Crippen LogP contribution in [0.15, 0.2) is 9.98 Å². The molecule has 0 fully saturated rings. The van der Waals surface area contributed by atoms with E-state index in [0.717, 1.165) is 3.79 Å². The van der Waals surface area contributed by atoms with Gasteiger partial charge >= 0.3 is 0 Å². The van der Waals surface area contributed by atoms with Gasteiger partial charge in [-0.25, -0.2) is 13.4 Å². The molecule has 0 saturated heterocycles. The molecule has 0 unspecified atom stereocenters. The number of thiazole rings is 1. The summed E-state index contributed by atoms with van der Waals surface area (Å²) in [4.78, 5) is 3.82. The zero-order chi connectivity index (χ0) is 9.90. The van der Waals surface area contributed by atoms with Crippen LogP contribution in [-0.4, -0.2) is 25.7 Å². The molecule has 8 heteroatoms. The average molecular weight is 286 g/mol. The second-order valence-corrected chi connectivity index (χ2v) is 6.43. The number of aromatic nitrogens is 1. The fourth-order valence-electron chi connectivity index (χ4n) is 0.641. The molecule has 3 N–H and O–H groups in total. The van der Waals surface area contributed by atoms with E-state index in [2.05, 4.69) is 25.6 Å². The summed E-state index contributed by atoms with van der Waals surface area (Å²) >= 11 is 4.39. The van der Waals surface area contributed by atoms with Crippen molar-refractivity contribution in [2.24, 2.45) is 5.73 Å². The van der Waals surface area contributed by atoms with Crippen molar-refractivity contribution in [1.82, 2.24) is 4.98 Å². The Hall–Kier alpha value is -0.180. The topological polar surface area (TPSA) is 85.1 Å². The van der Waals surface area contributed by atoms with Crippen molar-refractivity contribution in [2.45, 2.75) is 0 Å². The number of sulfonamides is 1. The third kappa shape index (κ3) is 3.59. The Morgan fingerprint density at radius 2 is 2.38 bits per heavy atom. The molecule has 0 aliphatic heterocycles. The number of nitrogens with two attached hydrogens (primary N) is 1. The molecule has 5 nitrogen and oxygen atoms in total. The lowest BCUT2D eigenvalue weighted by Gasteiger charge is -2.01. The minimum atomic E-state index is -3.32. The minimum absolute atomic E-state index is 0.0931. The van der Waals surface area contributed by atoms with E-state index in [0.29, 0.717) is 5.13 Å². The second kappa shape index (κ2) is 4.36. The first-order chi connectivity index (χ1) is 6.03. The van der Waals surface area contributed by atoms with Gasteiger partial charge in [-0.15, -0.1) is 0 Å². The zero-order valence-electron chi connectivity index (χ0n) is 6.53. The number of rotatable bonds is 4. The summed E-state index contributed by atoms with van der Waals surface area (Å²) in [7, 11) is -3.32. The van der Waals surface area contributed by atoms with Crippen LogP contribution in [0.25, 0.3) is 0 Å². The predicted octanol–water partition coefficient (Wildman–Crippen LogP) is 0.606. The van der Waals surface area contributed by atoms with Gasteiger partial charge in [-0.1, -0.05) is 11.3 Å². The molecular formula is C5H8BrN3O2S2. The third-order valence-electron chi connectivity index (χ3n) is 1.11. The Labute approximate surface area is 88.5 Å². The fraction of sp³-hybridized carbons (Fsp3) is 0.400. The summed E-state index contributed by atoms with van der Waals surface area (Å²) < 4.78 is 25.4. The molecule has 1 heterocycles. The van der Waals surface area contributed by atoms with Crippen molar-refractivity contribution in [3.05, 3.63) is 9.98 Å². The van der Waals surface area contributed by atoms with Crippen molar-refractivity contribution >= 4 is 42.4 Å². The molecule has 0 radical (unpaired) electrons. The van der Waals surface area contributed by atoms with Gasteiger partial charge < -0.3 is 5.73 Å². The summed E-state index contributed by atoms with van der Waals surface area (Å²) in [6.45, 7) is 0.0991. The van der Waals surface area contributed by atoms with Gasteiger partial charge in [-0.05, 0) is 15.9 Å². The van der Waals surface area contributed by atoms with Crippen molar-refractivity contribution in [3.8, 4) is 0 Å². The molecule has 0 atom stereocenters. The van der Waals surface area contributed by atoms with E-state index < -0.39 is 10.0 Å². The van der Waals surface area contributed by atoms with Gasteiger partial charge in [0.2, 0.25) is 10.0 Å². The SMILES string of the molecule is NCCS(=O)(=O)Nc1ncc(Br)s1. The standard InChI is InChI=1S/C5H8BrN3O2S2/c6-4-3-8-5(12-4)9-13(10,11)2-1-7/h3H,1-2,7H2,(H,8,9). The molecule has 0 aromatic carbocycles. The molecule has 1 aromatic rings. The molecule has 0 amide bonds. The van der Waals surface area contributed by atoms with Gasteiger partial charge in [0.1, 0.15) is 0 Å². The molecule has 0 spiro atoms. The van der Waals surface area contributed by atoms with E-state index in [1.807, 2.05) is 0 Å². The highest BCUT2D eigenvalue weighted by Gasteiger charge is 2.10. The van der Waals surface area contributed by atoms with E-state index in [-0.39, 0.29) is 12.3 Å².